The molecule has 0 saturated carbocycles. The highest BCUT2D eigenvalue weighted by Crippen LogP contribution is 2.28. The van der Waals surface area contributed by atoms with Crippen molar-refractivity contribution in [3.63, 3.8) is 0 Å². The molecule has 27 heavy (non-hydrogen) atoms. The Hall–Kier alpha value is -2.60. The molecular weight excluding hydrogens is 358 g/mol. The van der Waals surface area contributed by atoms with E-state index in [1.54, 1.807) is 0 Å². The summed E-state index contributed by atoms with van der Waals surface area (Å²) in [5.41, 5.74) is 4.04. The smallest absolute Gasteiger partial charge is 0.227 e. The fraction of sp³-hybridized carbons (Fsp3) is 0.333. The maximum Gasteiger partial charge on any atom is 0.227 e. The average Bonchev–Trinajstić information content (AvgIpc) is 3.09. The number of hydrogen-bond acceptors (Lipinski definition) is 3. The van der Waals surface area contributed by atoms with Crippen LogP contribution in [0.1, 0.15) is 30.9 Å². The summed E-state index contributed by atoms with van der Waals surface area (Å²) in [5, 5.41) is 6.97. The first-order valence-electron chi connectivity index (χ1n) is 9.24. The number of ether oxygens (including phenoxy) is 1. The van der Waals surface area contributed by atoms with E-state index in [0.29, 0.717) is 24.7 Å². The molecule has 3 rings (SSSR count). The number of rotatable bonds is 6. The molecule has 0 aromatic heterocycles. The van der Waals surface area contributed by atoms with Crippen molar-refractivity contribution < 1.29 is 9.53 Å². The van der Waals surface area contributed by atoms with Gasteiger partial charge in [-0.05, 0) is 67.9 Å². The van der Waals surface area contributed by atoms with Crippen molar-refractivity contribution in [3.05, 3.63) is 53.6 Å². The van der Waals surface area contributed by atoms with E-state index in [0.717, 1.165) is 41.2 Å². The van der Waals surface area contributed by atoms with Gasteiger partial charge in [0.25, 0.3) is 0 Å². The first-order chi connectivity index (χ1) is 13.1. The Bertz CT molecular complexity index is 821. The molecule has 0 bridgehead atoms. The van der Waals surface area contributed by atoms with Gasteiger partial charge in [0, 0.05) is 30.9 Å². The molecule has 2 aromatic carbocycles. The molecule has 0 unspecified atom stereocenters. The SMILES string of the molecule is CCOc1ccc(CNC(=S)Nc2ccc(C)c(N3CCCC3=O)c2)cc1. The van der Waals surface area contributed by atoms with Gasteiger partial charge in [-0.2, -0.15) is 0 Å². The second-order valence-electron chi connectivity index (χ2n) is 6.53. The molecule has 142 valence electrons. The van der Waals surface area contributed by atoms with Crippen molar-refractivity contribution in [2.75, 3.05) is 23.4 Å². The molecule has 5 nitrogen and oxygen atoms in total. The van der Waals surface area contributed by atoms with Crippen molar-refractivity contribution in [1.29, 1.82) is 0 Å². The van der Waals surface area contributed by atoms with Crippen molar-refractivity contribution >= 4 is 34.6 Å². The van der Waals surface area contributed by atoms with Crippen LogP contribution >= 0.6 is 12.2 Å². The van der Waals surface area contributed by atoms with Crippen LogP contribution in [0, 0.1) is 6.92 Å². The highest BCUT2D eigenvalue weighted by atomic mass is 32.1. The molecule has 0 atom stereocenters. The number of benzene rings is 2. The predicted octanol–water partition coefficient (Wildman–Crippen LogP) is 4.01. The quantitative estimate of drug-likeness (QED) is 0.739. The zero-order chi connectivity index (χ0) is 19.2. The van der Waals surface area contributed by atoms with E-state index < -0.39 is 0 Å². The standard InChI is InChI=1S/C21H25N3O2S/c1-3-26-18-10-7-16(8-11-18)14-22-21(27)23-17-9-6-15(2)19(13-17)24-12-4-5-20(24)25/h6-11,13H,3-5,12,14H2,1-2H3,(H2,22,23,27). The van der Waals surface area contributed by atoms with Gasteiger partial charge in [-0.15, -0.1) is 0 Å². The van der Waals surface area contributed by atoms with E-state index in [2.05, 4.69) is 10.6 Å². The topological polar surface area (TPSA) is 53.6 Å². The molecule has 1 saturated heterocycles. The van der Waals surface area contributed by atoms with Crippen molar-refractivity contribution in [2.24, 2.45) is 0 Å². The van der Waals surface area contributed by atoms with Gasteiger partial charge < -0.3 is 20.3 Å². The summed E-state index contributed by atoms with van der Waals surface area (Å²) in [6.07, 6.45) is 1.54. The molecule has 0 spiro atoms. The lowest BCUT2D eigenvalue weighted by Crippen LogP contribution is -2.28. The first-order valence-corrected chi connectivity index (χ1v) is 9.65. The lowest BCUT2D eigenvalue weighted by Gasteiger charge is -2.20. The molecule has 1 aliphatic rings. The van der Waals surface area contributed by atoms with Crippen LogP contribution in [-0.4, -0.2) is 24.2 Å². The number of hydrogen-bond donors (Lipinski definition) is 2. The van der Waals surface area contributed by atoms with Gasteiger partial charge in [-0.25, -0.2) is 0 Å². The summed E-state index contributed by atoms with van der Waals surface area (Å²) in [5.74, 6) is 1.05. The Kier molecular flexibility index (Phi) is 6.29. The third-order valence-corrected chi connectivity index (χ3v) is 4.77. The van der Waals surface area contributed by atoms with Crippen LogP contribution < -0.4 is 20.3 Å². The van der Waals surface area contributed by atoms with Crippen LogP contribution in [0.15, 0.2) is 42.5 Å². The number of anilines is 2. The van der Waals surface area contributed by atoms with Crippen LogP contribution in [-0.2, 0) is 11.3 Å². The number of nitrogens with one attached hydrogen (secondary N) is 2. The third-order valence-electron chi connectivity index (χ3n) is 4.52. The number of carbonyl (C=O) groups excluding carboxylic acids is 1. The lowest BCUT2D eigenvalue weighted by atomic mass is 10.1. The Morgan fingerprint density at radius 2 is 2.00 bits per heavy atom. The monoisotopic (exact) mass is 383 g/mol. The van der Waals surface area contributed by atoms with Gasteiger partial charge >= 0.3 is 0 Å². The molecule has 0 aliphatic carbocycles. The number of carbonyl (C=O) groups is 1. The minimum atomic E-state index is 0.187. The predicted molar refractivity (Wildman–Crippen MR) is 113 cm³/mol. The van der Waals surface area contributed by atoms with Crippen LogP contribution in [0.4, 0.5) is 11.4 Å². The molecule has 0 radical (unpaired) electrons. The van der Waals surface area contributed by atoms with Crippen molar-refractivity contribution in [1.82, 2.24) is 5.32 Å². The lowest BCUT2D eigenvalue weighted by molar-refractivity contribution is -0.117. The van der Waals surface area contributed by atoms with Gasteiger partial charge in [0.2, 0.25) is 5.91 Å². The summed E-state index contributed by atoms with van der Waals surface area (Å²) in [6.45, 7) is 6.06. The number of nitrogens with zero attached hydrogens (tertiary/aromatic N) is 1. The van der Waals surface area contributed by atoms with Gasteiger partial charge in [-0.1, -0.05) is 18.2 Å². The molecule has 2 aromatic rings. The fourth-order valence-corrected chi connectivity index (χ4v) is 3.30. The normalized spacial score (nSPS) is 13.6. The molecule has 1 aliphatic heterocycles. The van der Waals surface area contributed by atoms with E-state index in [1.165, 1.54) is 0 Å². The number of aryl methyl sites for hydroxylation is 1. The van der Waals surface area contributed by atoms with Crippen molar-refractivity contribution in [3.8, 4) is 5.75 Å². The molecule has 1 heterocycles. The van der Waals surface area contributed by atoms with E-state index in [9.17, 15) is 4.79 Å². The van der Waals surface area contributed by atoms with Gasteiger partial charge in [-0.3, -0.25) is 4.79 Å². The Balaban J connectivity index is 1.58. The summed E-state index contributed by atoms with van der Waals surface area (Å²) < 4.78 is 5.45. The van der Waals surface area contributed by atoms with E-state index in [1.807, 2.05) is 61.2 Å². The first kappa shape index (κ1) is 19.2. The third kappa shape index (κ3) is 4.98. The second-order valence-corrected chi connectivity index (χ2v) is 6.94. The molecule has 1 fully saturated rings. The zero-order valence-corrected chi connectivity index (χ0v) is 16.6. The number of thiocarbonyl (C=S) groups is 1. The number of amides is 1. The largest absolute Gasteiger partial charge is 0.494 e. The molecule has 6 heteroatoms. The van der Waals surface area contributed by atoms with Crippen molar-refractivity contribution in [2.45, 2.75) is 33.2 Å². The van der Waals surface area contributed by atoms with Crippen LogP contribution in [0.2, 0.25) is 0 Å². The minimum absolute atomic E-state index is 0.187. The van der Waals surface area contributed by atoms with Gasteiger partial charge in [0.05, 0.1) is 6.61 Å². The zero-order valence-electron chi connectivity index (χ0n) is 15.7. The summed E-state index contributed by atoms with van der Waals surface area (Å²) in [6, 6.07) is 13.9. The summed E-state index contributed by atoms with van der Waals surface area (Å²) >= 11 is 5.41. The van der Waals surface area contributed by atoms with E-state index >= 15 is 0 Å². The second kappa shape index (κ2) is 8.86. The molecule has 1 amide bonds. The molecular formula is C21H25N3O2S. The summed E-state index contributed by atoms with van der Waals surface area (Å²) in [7, 11) is 0. The summed E-state index contributed by atoms with van der Waals surface area (Å²) in [4.78, 5) is 13.9. The van der Waals surface area contributed by atoms with Gasteiger partial charge in [0.1, 0.15) is 5.75 Å². The Labute approximate surface area is 165 Å². The fourth-order valence-electron chi connectivity index (χ4n) is 3.11. The Morgan fingerprint density at radius 3 is 2.67 bits per heavy atom. The van der Waals surface area contributed by atoms with Gasteiger partial charge in [0.15, 0.2) is 5.11 Å². The molecule has 2 N–H and O–H groups in total. The maximum absolute atomic E-state index is 12.0. The van der Waals surface area contributed by atoms with Crippen LogP contribution in [0.5, 0.6) is 5.75 Å². The van der Waals surface area contributed by atoms with E-state index in [4.69, 9.17) is 17.0 Å². The van der Waals surface area contributed by atoms with E-state index in [-0.39, 0.29) is 5.91 Å². The average molecular weight is 384 g/mol. The van der Waals surface area contributed by atoms with Crippen LogP contribution in [0.25, 0.3) is 0 Å². The highest BCUT2D eigenvalue weighted by molar-refractivity contribution is 7.80. The minimum Gasteiger partial charge on any atom is -0.494 e. The highest BCUT2D eigenvalue weighted by Gasteiger charge is 2.23. The maximum atomic E-state index is 12.0. The Morgan fingerprint density at radius 1 is 1.22 bits per heavy atom. The van der Waals surface area contributed by atoms with Crippen LogP contribution in [0.3, 0.4) is 0 Å².